The topological polar surface area (TPSA) is 68.3 Å². The van der Waals surface area contributed by atoms with Gasteiger partial charge in [0.1, 0.15) is 5.82 Å². The van der Waals surface area contributed by atoms with Crippen molar-refractivity contribution in [2.45, 2.75) is 31.3 Å². The summed E-state index contributed by atoms with van der Waals surface area (Å²) in [4.78, 5) is 0. The van der Waals surface area contributed by atoms with Crippen molar-refractivity contribution in [1.29, 1.82) is 0 Å². The molecule has 0 bridgehead atoms. The Labute approximate surface area is 119 Å². The molecule has 0 radical (unpaired) electrons. The van der Waals surface area contributed by atoms with Gasteiger partial charge in [0.2, 0.25) is 0 Å². The van der Waals surface area contributed by atoms with Crippen molar-refractivity contribution in [3.63, 3.8) is 0 Å². The van der Waals surface area contributed by atoms with Gasteiger partial charge in [-0.2, -0.15) is 0 Å². The molecule has 7 heteroatoms. The summed E-state index contributed by atoms with van der Waals surface area (Å²) in [5.41, 5.74) is 0.452. The van der Waals surface area contributed by atoms with Gasteiger partial charge in [-0.3, -0.25) is 0 Å². The second-order valence-corrected chi connectivity index (χ2v) is 10.1. The second-order valence-electron chi connectivity index (χ2n) is 4.98. The fourth-order valence-electron chi connectivity index (χ4n) is 1.59. The molecule has 0 aliphatic rings. The minimum Gasteiger partial charge on any atom is -0.229 e. The van der Waals surface area contributed by atoms with Crippen LogP contribution in [-0.2, 0) is 19.7 Å². The molecule has 0 aromatic heterocycles. The van der Waals surface area contributed by atoms with Crippen LogP contribution >= 0.6 is 0 Å². The minimum absolute atomic E-state index is 0.390. The van der Waals surface area contributed by atoms with E-state index in [1.54, 1.807) is 0 Å². The average molecular weight is 322 g/mol. The number of halogens is 1. The maximum absolute atomic E-state index is 12.8. The molecule has 4 nitrogen and oxygen atoms in total. The first-order chi connectivity index (χ1) is 9.06. The zero-order valence-electron chi connectivity index (χ0n) is 11.7. The molecule has 1 rings (SSSR count). The van der Waals surface area contributed by atoms with Crippen molar-refractivity contribution in [3.8, 4) is 0 Å². The van der Waals surface area contributed by atoms with E-state index in [2.05, 4.69) is 0 Å². The van der Waals surface area contributed by atoms with Gasteiger partial charge in [0, 0.05) is 0 Å². The predicted octanol–water partition coefficient (Wildman–Crippen LogP) is 2.12. The number of sulfone groups is 2. The van der Waals surface area contributed by atoms with Crippen LogP contribution in [0, 0.1) is 5.82 Å². The number of rotatable bonds is 6. The largest absolute Gasteiger partial charge is 0.229 e. The summed E-state index contributed by atoms with van der Waals surface area (Å²) in [6.45, 7) is 4.52. The Hall–Kier alpha value is -0.950. The van der Waals surface area contributed by atoms with Gasteiger partial charge in [0.25, 0.3) is 0 Å². The van der Waals surface area contributed by atoms with E-state index < -0.39 is 47.5 Å². The van der Waals surface area contributed by atoms with E-state index in [9.17, 15) is 21.2 Å². The molecule has 0 aliphatic carbocycles. The third kappa shape index (κ3) is 4.28. The molecule has 0 saturated heterocycles. The van der Waals surface area contributed by atoms with Crippen LogP contribution < -0.4 is 0 Å². The van der Waals surface area contributed by atoms with Crippen molar-refractivity contribution < 1.29 is 21.2 Å². The summed E-state index contributed by atoms with van der Waals surface area (Å²) < 4.78 is 60.4. The molecule has 0 fully saturated rings. The summed E-state index contributed by atoms with van der Waals surface area (Å²) in [5, 5.41) is -1.45. The highest BCUT2D eigenvalue weighted by molar-refractivity contribution is 7.95. The van der Waals surface area contributed by atoms with E-state index in [1.807, 2.05) is 0 Å². The van der Waals surface area contributed by atoms with E-state index in [-0.39, 0.29) is 0 Å². The zero-order valence-corrected chi connectivity index (χ0v) is 13.3. The van der Waals surface area contributed by atoms with Crippen LogP contribution in [-0.4, -0.2) is 33.6 Å². The van der Waals surface area contributed by atoms with Crippen LogP contribution in [0.3, 0.4) is 0 Å². The van der Waals surface area contributed by atoms with Crippen molar-refractivity contribution in [2.75, 3.05) is 11.5 Å². The van der Waals surface area contributed by atoms with E-state index in [0.717, 1.165) is 0 Å². The standard InChI is InChI=1S/C13H19FO4S2/c1-10(2)19(15,16)8-9-20(17,18)11(3)12-4-6-13(14)7-5-12/h4-7,10-11H,8-9H2,1-3H3/t11-/m1/s1. The Morgan fingerprint density at radius 1 is 0.900 bits per heavy atom. The lowest BCUT2D eigenvalue weighted by atomic mass is 10.2. The maximum atomic E-state index is 12.8. The molecule has 114 valence electrons. The lowest BCUT2D eigenvalue weighted by molar-refractivity contribution is 0.578. The Bertz CT molecular complexity index is 646. The molecule has 0 amide bonds. The monoisotopic (exact) mass is 322 g/mol. The van der Waals surface area contributed by atoms with Gasteiger partial charge in [-0.1, -0.05) is 12.1 Å². The van der Waals surface area contributed by atoms with Crippen molar-refractivity contribution in [3.05, 3.63) is 35.6 Å². The molecule has 1 aromatic carbocycles. The van der Waals surface area contributed by atoms with Gasteiger partial charge in [0.15, 0.2) is 19.7 Å². The first-order valence-corrected chi connectivity index (χ1v) is 9.68. The van der Waals surface area contributed by atoms with Crippen molar-refractivity contribution in [2.24, 2.45) is 0 Å². The summed E-state index contributed by atoms with van der Waals surface area (Å²) in [5.74, 6) is -1.26. The van der Waals surface area contributed by atoms with Crippen LogP contribution in [0.1, 0.15) is 31.6 Å². The second kappa shape index (κ2) is 6.22. The summed E-state index contributed by atoms with van der Waals surface area (Å²) in [6, 6.07) is 5.17. The van der Waals surface area contributed by atoms with Gasteiger partial charge in [0.05, 0.1) is 22.0 Å². The molecule has 20 heavy (non-hydrogen) atoms. The molecular formula is C13H19FO4S2. The molecule has 0 N–H and O–H groups in total. The van der Waals surface area contributed by atoms with Gasteiger partial charge >= 0.3 is 0 Å². The quantitative estimate of drug-likeness (QED) is 0.804. The molecule has 0 unspecified atom stereocenters. The van der Waals surface area contributed by atoms with Crippen LogP contribution in [0.4, 0.5) is 4.39 Å². The maximum Gasteiger partial charge on any atom is 0.158 e. The van der Waals surface area contributed by atoms with E-state index in [1.165, 1.54) is 45.0 Å². The minimum atomic E-state index is -3.59. The van der Waals surface area contributed by atoms with Crippen molar-refractivity contribution >= 4 is 19.7 Å². The summed E-state index contributed by atoms with van der Waals surface area (Å²) in [7, 11) is -6.99. The SMILES string of the molecule is CC(C)S(=O)(=O)CCS(=O)(=O)[C@H](C)c1ccc(F)cc1. The Kier molecular flexibility index (Phi) is 5.32. The van der Waals surface area contributed by atoms with Crippen LogP contribution in [0.25, 0.3) is 0 Å². The molecular weight excluding hydrogens is 303 g/mol. The molecule has 0 saturated carbocycles. The number of benzene rings is 1. The van der Waals surface area contributed by atoms with Crippen LogP contribution in [0.5, 0.6) is 0 Å². The highest BCUT2D eigenvalue weighted by Gasteiger charge is 2.26. The smallest absolute Gasteiger partial charge is 0.158 e. The highest BCUT2D eigenvalue weighted by Crippen LogP contribution is 2.23. The Morgan fingerprint density at radius 2 is 1.35 bits per heavy atom. The molecule has 1 atom stereocenters. The zero-order chi connectivity index (χ0) is 15.6. The third-order valence-corrected chi connectivity index (χ3v) is 7.84. The normalized spacial score (nSPS) is 14.4. The number of hydrogen-bond donors (Lipinski definition) is 0. The van der Waals surface area contributed by atoms with Gasteiger partial charge < -0.3 is 0 Å². The van der Waals surface area contributed by atoms with Crippen LogP contribution in [0.2, 0.25) is 0 Å². The lowest BCUT2D eigenvalue weighted by Gasteiger charge is -2.14. The molecule has 0 spiro atoms. The summed E-state index contributed by atoms with van der Waals surface area (Å²) in [6.07, 6.45) is 0. The van der Waals surface area contributed by atoms with E-state index in [4.69, 9.17) is 0 Å². The molecule has 0 heterocycles. The Balaban J connectivity index is 2.86. The lowest BCUT2D eigenvalue weighted by Crippen LogP contribution is -2.25. The van der Waals surface area contributed by atoms with Gasteiger partial charge in [-0.25, -0.2) is 21.2 Å². The molecule has 1 aromatic rings. The fraction of sp³-hybridized carbons (Fsp3) is 0.538. The fourth-order valence-corrected chi connectivity index (χ4v) is 4.84. The molecule has 0 aliphatic heterocycles. The van der Waals surface area contributed by atoms with Crippen molar-refractivity contribution in [1.82, 2.24) is 0 Å². The number of hydrogen-bond acceptors (Lipinski definition) is 4. The third-order valence-electron chi connectivity index (χ3n) is 3.25. The van der Waals surface area contributed by atoms with E-state index in [0.29, 0.717) is 5.56 Å². The van der Waals surface area contributed by atoms with Gasteiger partial charge in [-0.05, 0) is 38.5 Å². The van der Waals surface area contributed by atoms with E-state index >= 15 is 0 Å². The highest BCUT2D eigenvalue weighted by atomic mass is 32.2. The summed E-state index contributed by atoms with van der Waals surface area (Å²) >= 11 is 0. The average Bonchev–Trinajstić information content (AvgIpc) is 2.36. The first-order valence-electron chi connectivity index (χ1n) is 6.25. The van der Waals surface area contributed by atoms with Crippen LogP contribution in [0.15, 0.2) is 24.3 Å². The first kappa shape index (κ1) is 17.1. The predicted molar refractivity (Wildman–Crippen MR) is 77.5 cm³/mol. The Morgan fingerprint density at radius 3 is 1.80 bits per heavy atom. The van der Waals surface area contributed by atoms with Gasteiger partial charge in [-0.15, -0.1) is 0 Å².